The summed E-state index contributed by atoms with van der Waals surface area (Å²) in [7, 11) is 0. The minimum Gasteiger partial charge on any atom is -0.0727 e. The zero-order valence-corrected chi connectivity index (χ0v) is 9.29. The molecule has 0 aliphatic carbocycles. The van der Waals surface area contributed by atoms with E-state index in [-0.39, 0.29) is 0 Å². The van der Waals surface area contributed by atoms with E-state index in [1.165, 1.54) is 36.8 Å². The van der Waals surface area contributed by atoms with Gasteiger partial charge >= 0.3 is 0 Å². The standard InChI is InChI=1S/C14H20/c1-3-4-6-9-13(2)12-14-10-7-5-8-11-14/h5,7-8,10-12H,3-4,6,9H2,1-2H3. The van der Waals surface area contributed by atoms with Crippen molar-refractivity contribution < 1.29 is 0 Å². The maximum absolute atomic E-state index is 2.29. The van der Waals surface area contributed by atoms with E-state index in [0.717, 1.165) is 0 Å². The molecule has 1 aromatic carbocycles. The summed E-state index contributed by atoms with van der Waals surface area (Å²) in [5, 5.41) is 0. The van der Waals surface area contributed by atoms with Gasteiger partial charge in [-0.15, -0.1) is 0 Å². The highest BCUT2D eigenvalue weighted by molar-refractivity contribution is 5.51. The van der Waals surface area contributed by atoms with Crippen molar-refractivity contribution >= 4 is 6.08 Å². The Kier molecular flexibility index (Phi) is 5.06. The van der Waals surface area contributed by atoms with E-state index in [4.69, 9.17) is 0 Å². The third kappa shape index (κ3) is 4.27. The van der Waals surface area contributed by atoms with Crippen LogP contribution in [0.3, 0.4) is 0 Å². The highest BCUT2D eigenvalue weighted by Crippen LogP contribution is 2.12. The van der Waals surface area contributed by atoms with Crippen LogP contribution in [0.4, 0.5) is 0 Å². The predicted octanol–water partition coefficient (Wildman–Crippen LogP) is 4.67. The van der Waals surface area contributed by atoms with Crippen LogP contribution in [-0.2, 0) is 0 Å². The normalized spacial score (nSPS) is 11.7. The van der Waals surface area contributed by atoms with Crippen LogP contribution in [0, 0.1) is 0 Å². The summed E-state index contributed by atoms with van der Waals surface area (Å²) in [6, 6.07) is 10.5. The molecule has 0 aromatic heterocycles. The third-order valence-electron chi connectivity index (χ3n) is 2.39. The summed E-state index contributed by atoms with van der Waals surface area (Å²) >= 11 is 0. The van der Waals surface area contributed by atoms with Crippen LogP contribution in [-0.4, -0.2) is 0 Å². The fourth-order valence-electron chi connectivity index (χ4n) is 1.56. The lowest BCUT2D eigenvalue weighted by atomic mass is 10.1. The van der Waals surface area contributed by atoms with Crippen molar-refractivity contribution in [3.63, 3.8) is 0 Å². The monoisotopic (exact) mass is 188 g/mol. The van der Waals surface area contributed by atoms with Crippen molar-refractivity contribution in [2.24, 2.45) is 0 Å². The molecule has 1 aromatic rings. The van der Waals surface area contributed by atoms with Gasteiger partial charge in [-0.25, -0.2) is 0 Å². The quantitative estimate of drug-likeness (QED) is 0.589. The van der Waals surface area contributed by atoms with Gasteiger partial charge < -0.3 is 0 Å². The first-order valence-electron chi connectivity index (χ1n) is 5.55. The smallest absolute Gasteiger partial charge is 0.0257 e. The van der Waals surface area contributed by atoms with Crippen molar-refractivity contribution in [1.82, 2.24) is 0 Å². The minimum absolute atomic E-state index is 1.24. The molecule has 76 valence electrons. The highest BCUT2D eigenvalue weighted by Gasteiger charge is 1.91. The molecular formula is C14H20. The molecule has 0 unspecified atom stereocenters. The highest BCUT2D eigenvalue weighted by atomic mass is 14.0. The number of hydrogen-bond acceptors (Lipinski definition) is 0. The van der Waals surface area contributed by atoms with Gasteiger partial charge in [0.2, 0.25) is 0 Å². The van der Waals surface area contributed by atoms with Gasteiger partial charge in [-0.1, -0.05) is 61.7 Å². The van der Waals surface area contributed by atoms with Gasteiger partial charge in [-0.2, -0.15) is 0 Å². The summed E-state index contributed by atoms with van der Waals surface area (Å²) < 4.78 is 0. The van der Waals surface area contributed by atoms with Gasteiger partial charge in [0, 0.05) is 0 Å². The fraction of sp³-hybridized carbons (Fsp3) is 0.429. The van der Waals surface area contributed by atoms with Gasteiger partial charge in [0.25, 0.3) is 0 Å². The number of rotatable bonds is 5. The van der Waals surface area contributed by atoms with Crippen molar-refractivity contribution in [1.29, 1.82) is 0 Å². The molecular weight excluding hydrogens is 168 g/mol. The number of unbranched alkanes of at least 4 members (excludes halogenated alkanes) is 2. The fourth-order valence-corrected chi connectivity index (χ4v) is 1.56. The van der Waals surface area contributed by atoms with E-state index in [1.54, 1.807) is 0 Å². The Morgan fingerprint density at radius 1 is 1.14 bits per heavy atom. The molecule has 0 saturated heterocycles. The Morgan fingerprint density at radius 3 is 2.50 bits per heavy atom. The lowest BCUT2D eigenvalue weighted by Gasteiger charge is -2.00. The third-order valence-corrected chi connectivity index (χ3v) is 2.39. The van der Waals surface area contributed by atoms with Crippen LogP contribution < -0.4 is 0 Å². The van der Waals surface area contributed by atoms with Gasteiger partial charge in [0.15, 0.2) is 0 Å². The van der Waals surface area contributed by atoms with E-state index in [2.05, 4.69) is 50.3 Å². The summed E-state index contributed by atoms with van der Waals surface area (Å²) in [6.07, 6.45) is 7.50. The summed E-state index contributed by atoms with van der Waals surface area (Å²) in [4.78, 5) is 0. The molecule has 0 heterocycles. The molecule has 0 fully saturated rings. The average molecular weight is 188 g/mol. The van der Waals surface area contributed by atoms with Crippen LogP contribution in [0.5, 0.6) is 0 Å². The van der Waals surface area contributed by atoms with Crippen LogP contribution in [0.2, 0.25) is 0 Å². The second kappa shape index (κ2) is 6.42. The van der Waals surface area contributed by atoms with Crippen molar-refractivity contribution in [2.75, 3.05) is 0 Å². The lowest BCUT2D eigenvalue weighted by Crippen LogP contribution is -1.79. The van der Waals surface area contributed by atoms with E-state index < -0.39 is 0 Å². The molecule has 0 saturated carbocycles. The first kappa shape index (κ1) is 11.0. The first-order valence-corrected chi connectivity index (χ1v) is 5.55. The molecule has 0 radical (unpaired) electrons. The summed E-state index contributed by atoms with van der Waals surface area (Å²) in [5.74, 6) is 0. The summed E-state index contributed by atoms with van der Waals surface area (Å²) in [6.45, 7) is 4.47. The summed E-state index contributed by atoms with van der Waals surface area (Å²) in [5.41, 5.74) is 2.81. The van der Waals surface area contributed by atoms with Crippen LogP contribution in [0.15, 0.2) is 35.9 Å². The van der Waals surface area contributed by atoms with Gasteiger partial charge in [0.1, 0.15) is 0 Å². The van der Waals surface area contributed by atoms with E-state index in [1.807, 2.05) is 0 Å². The Hall–Kier alpha value is -1.04. The minimum atomic E-state index is 1.24. The van der Waals surface area contributed by atoms with Gasteiger partial charge in [-0.3, -0.25) is 0 Å². The number of benzene rings is 1. The Balaban J connectivity index is 2.43. The first-order chi connectivity index (χ1) is 6.83. The Morgan fingerprint density at radius 2 is 1.86 bits per heavy atom. The number of hydrogen-bond donors (Lipinski definition) is 0. The Labute approximate surface area is 87.7 Å². The molecule has 0 atom stereocenters. The molecule has 0 spiro atoms. The molecule has 0 aliphatic heterocycles. The predicted molar refractivity (Wildman–Crippen MR) is 64.2 cm³/mol. The SMILES string of the molecule is CCCCCC(C)=Cc1ccccc1. The lowest BCUT2D eigenvalue weighted by molar-refractivity contribution is 0.715. The molecule has 0 aliphatic rings. The molecule has 14 heavy (non-hydrogen) atoms. The van der Waals surface area contributed by atoms with Crippen LogP contribution >= 0.6 is 0 Å². The molecule has 0 heteroatoms. The molecule has 0 N–H and O–H groups in total. The van der Waals surface area contributed by atoms with E-state index >= 15 is 0 Å². The molecule has 0 nitrogen and oxygen atoms in total. The maximum Gasteiger partial charge on any atom is -0.0257 e. The van der Waals surface area contributed by atoms with Crippen molar-refractivity contribution in [2.45, 2.75) is 39.5 Å². The molecule has 0 amide bonds. The van der Waals surface area contributed by atoms with E-state index in [0.29, 0.717) is 0 Å². The molecule has 0 bridgehead atoms. The van der Waals surface area contributed by atoms with Gasteiger partial charge in [-0.05, 0) is 25.3 Å². The van der Waals surface area contributed by atoms with Crippen LogP contribution in [0.25, 0.3) is 6.08 Å². The average Bonchev–Trinajstić information content (AvgIpc) is 2.20. The zero-order chi connectivity index (χ0) is 10.2. The number of allylic oxidation sites excluding steroid dienone is 1. The maximum atomic E-state index is 2.29. The second-order valence-electron chi connectivity index (χ2n) is 3.86. The second-order valence-corrected chi connectivity index (χ2v) is 3.86. The van der Waals surface area contributed by atoms with Crippen molar-refractivity contribution in [3.8, 4) is 0 Å². The van der Waals surface area contributed by atoms with Gasteiger partial charge in [0.05, 0.1) is 0 Å². The topological polar surface area (TPSA) is 0 Å². The van der Waals surface area contributed by atoms with Crippen molar-refractivity contribution in [3.05, 3.63) is 41.5 Å². The molecule has 1 rings (SSSR count). The largest absolute Gasteiger partial charge is 0.0727 e. The van der Waals surface area contributed by atoms with Crippen LogP contribution in [0.1, 0.15) is 45.1 Å². The Bertz CT molecular complexity index is 269. The zero-order valence-electron chi connectivity index (χ0n) is 9.29. The van der Waals surface area contributed by atoms with E-state index in [9.17, 15) is 0 Å².